The highest BCUT2D eigenvalue weighted by molar-refractivity contribution is 7.98. The van der Waals surface area contributed by atoms with E-state index in [0.29, 0.717) is 11.5 Å². The van der Waals surface area contributed by atoms with Gasteiger partial charge in [-0.25, -0.2) is 12.8 Å². The predicted octanol–water partition coefficient (Wildman–Crippen LogP) is 3.04. The summed E-state index contributed by atoms with van der Waals surface area (Å²) < 4.78 is 47.0. The number of carbonyl (C=O) groups is 1. The Morgan fingerprint density at radius 3 is 2.47 bits per heavy atom. The maximum atomic E-state index is 13.9. The van der Waals surface area contributed by atoms with Crippen molar-refractivity contribution in [1.29, 1.82) is 0 Å². The molecule has 6 nitrogen and oxygen atoms in total. The maximum Gasteiger partial charge on any atom is 0.244 e. The number of nitrogens with one attached hydrogen (secondary N) is 2. The molecule has 0 aliphatic heterocycles. The van der Waals surface area contributed by atoms with Gasteiger partial charge in [-0.15, -0.1) is 0 Å². The summed E-state index contributed by atoms with van der Waals surface area (Å²) in [6.45, 7) is 4.40. The van der Waals surface area contributed by atoms with E-state index in [1.807, 2.05) is 38.3 Å². The maximum absolute atomic E-state index is 13.9. The van der Waals surface area contributed by atoms with Gasteiger partial charge < -0.3 is 10.1 Å². The van der Waals surface area contributed by atoms with E-state index in [1.54, 1.807) is 0 Å². The van der Waals surface area contributed by atoms with Gasteiger partial charge in [0.25, 0.3) is 0 Å². The van der Waals surface area contributed by atoms with Crippen molar-refractivity contribution in [3.8, 4) is 5.75 Å². The highest BCUT2D eigenvalue weighted by atomic mass is 32.2. The minimum atomic E-state index is -4.18. The summed E-state index contributed by atoms with van der Waals surface area (Å²) in [4.78, 5) is 12.1. The number of amides is 1. The van der Waals surface area contributed by atoms with Crippen LogP contribution in [0, 0.1) is 19.7 Å². The first-order valence-corrected chi connectivity index (χ1v) is 12.3. The van der Waals surface area contributed by atoms with E-state index in [0.717, 1.165) is 17.2 Å². The number of ether oxygens (including phenoxy) is 1. The first kappa shape index (κ1) is 24.2. The zero-order chi connectivity index (χ0) is 22.1. The first-order valence-electron chi connectivity index (χ1n) is 9.47. The van der Waals surface area contributed by atoms with Crippen LogP contribution in [0.15, 0.2) is 47.4 Å². The summed E-state index contributed by atoms with van der Waals surface area (Å²) in [6.07, 6.45) is 2.14. The molecule has 30 heavy (non-hydrogen) atoms. The van der Waals surface area contributed by atoms with Gasteiger partial charge in [0.1, 0.15) is 29.1 Å². The van der Waals surface area contributed by atoms with Gasteiger partial charge in [0.05, 0.1) is 6.54 Å². The molecule has 2 aromatic rings. The van der Waals surface area contributed by atoms with Gasteiger partial charge in [-0.2, -0.15) is 16.5 Å². The van der Waals surface area contributed by atoms with Crippen molar-refractivity contribution in [2.24, 2.45) is 0 Å². The predicted molar refractivity (Wildman–Crippen MR) is 118 cm³/mol. The first-order chi connectivity index (χ1) is 14.2. The van der Waals surface area contributed by atoms with Crippen LogP contribution in [0.5, 0.6) is 5.75 Å². The lowest BCUT2D eigenvalue weighted by Crippen LogP contribution is -2.47. The second kappa shape index (κ2) is 11.3. The lowest BCUT2D eigenvalue weighted by Gasteiger charge is -2.18. The smallest absolute Gasteiger partial charge is 0.244 e. The summed E-state index contributed by atoms with van der Waals surface area (Å²) in [6, 6.07) is 9.89. The van der Waals surface area contributed by atoms with Crippen molar-refractivity contribution in [2.45, 2.75) is 31.2 Å². The van der Waals surface area contributed by atoms with Crippen LogP contribution in [0.25, 0.3) is 0 Å². The Bertz CT molecular complexity index is 947. The average Bonchev–Trinajstić information content (AvgIpc) is 2.67. The van der Waals surface area contributed by atoms with Crippen LogP contribution in [0.4, 0.5) is 4.39 Å². The van der Waals surface area contributed by atoms with Crippen molar-refractivity contribution >= 4 is 27.7 Å². The largest absolute Gasteiger partial charge is 0.492 e. The molecule has 2 N–H and O–H groups in total. The summed E-state index contributed by atoms with van der Waals surface area (Å²) in [5, 5.41) is 2.69. The van der Waals surface area contributed by atoms with Gasteiger partial charge in [-0.3, -0.25) is 4.79 Å². The Hall–Kier alpha value is -2.10. The molecule has 0 fully saturated rings. The average molecular weight is 455 g/mol. The van der Waals surface area contributed by atoms with Crippen LogP contribution < -0.4 is 14.8 Å². The minimum Gasteiger partial charge on any atom is -0.492 e. The van der Waals surface area contributed by atoms with Gasteiger partial charge in [0.15, 0.2) is 0 Å². The van der Waals surface area contributed by atoms with Crippen LogP contribution in [0.1, 0.15) is 17.5 Å². The summed E-state index contributed by atoms with van der Waals surface area (Å²) in [5.74, 6) is -0.0680. The van der Waals surface area contributed by atoms with Crippen molar-refractivity contribution < 1.29 is 22.3 Å². The van der Waals surface area contributed by atoms with Gasteiger partial charge in [0.2, 0.25) is 15.9 Å². The molecule has 0 heterocycles. The van der Waals surface area contributed by atoms with Crippen LogP contribution in [-0.2, 0) is 14.8 Å². The van der Waals surface area contributed by atoms with E-state index in [2.05, 4.69) is 10.0 Å². The molecule has 0 radical (unpaired) electrons. The van der Waals surface area contributed by atoms with Crippen LogP contribution in [0.3, 0.4) is 0 Å². The molecule has 2 rings (SSSR count). The van der Waals surface area contributed by atoms with E-state index >= 15 is 0 Å². The zero-order valence-electron chi connectivity index (χ0n) is 17.3. The summed E-state index contributed by atoms with van der Waals surface area (Å²) in [7, 11) is -4.18. The SMILES string of the molecule is CSCCC(NS(=O)(=O)c1ccccc1F)C(=O)NCCOc1cc(C)cc(C)c1. The second-order valence-electron chi connectivity index (χ2n) is 6.85. The number of thioether (sulfide) groups is 1. The summed E-state index contributed by atoms with van der Waals surface area (Å²) >= 11 is 1.49. The number of benzene rings is 2. The fourth-order valence-electron chi connectivity index (χ4n) is 2.88. The molecular weight excluding hydrogens is 427 g/mol. The monoisotopic (exact) mass is 454 g/mol. The number of aryl methyl sites for hydroxylation is 2. The summed E-state index contributed by atoms with van der Waals surface area (Å²) in [5.41, 5.74) is 2.16. The van der Waals surface area contributed by atoms with Crippen molar-refractivity contribution in [2.75, 3.05) is 25.2 Å². The molecule has 2 aromatic carbocycles. The third-order valence-corrected chi connectivity index (χ3v) is 6.36. The molecule has 1 amide bonds. The Morgan fingerprint density at radius 2 is 1.83 bits per heavy atom. The number of hydrogen-bond acceptors (Lipinski definition) is 5. The van der Waals surface area contributed by atoms with Crippen LogP contribution in [0.2, 0.25) is 0 Å². The van der Waals surface area contributed by atoms with E-state index < -0.39 is 32.7 Å². The minimum absolute atomic E-state index is 0.211. The Kier molecular flexibility index (Phi) is 9.13. The molecule has 1 unspecified atom stereocenters. The van der Waals surface area contributed by atoms with E-state index in [1.165, 1.54) is 30.0 Å². The van der Waals surface area contributed by atoms with Crippen molar-refractivity contribution in [1.82, 2.24) is 10.0 Å². The van der Waals surface area contributed by atoms with Crippen LogP contribution >= 0.6 is 11.8 Å². The second-order valence-corrected chi connectivity index (χ2v) is 9.52. The molecule has 0 aliphatic carbocycles. The van der Waals surface area contributed by atoms with Gasteiger partial charge in [-0.1, -0.05) is 18.2 Å². The quantitative estimate of drug-likeness (QED) is 0.510. The Morgan fingerprint density at radius 1 is 1.17 bits per heavy atom. The Labute approximate surface area is 181 Å². The zero-order valence-corrected chi connectivity index (χ0v) is 18.9. The van der Waals surface area contributed by atoms with E-state index in [4.69, 9.17) is 4.74 Å². The standard InChI is InChI=1S/C21H27FN2O4S2/c1-15-12-16(2)14-17(13-15)28-10-9-23-21(25)19(8-11-29-3)24-30(26,27)20-7-5-4-6-18(20)22/h4-7,12-14,19,24H,8-11H2,1-3H3,(H,23,25). The normalized spacial score (nSPS) is 12.4. The van der Waals surface area contributed by atoms with Gasteiger partial charge in [-0.05, 0) is 67.7 Å². The number of sulfonamides is 1. The molecule has 0 saturated heterocycles. The van der Waals surface area contributed by atoms with Crippen molar-refractivity contribution in [3.63, 3.8) is 0 Å². The van der Waals surface area contributed by atoms with Gasteiger partial charge in [0, 0.05) is 0 Å². The molecule has 0 saturated carbocycles. The third kappa shape index (κ3) is 7.30. The molecule has 9 heteroatoms. The molecule has 1 atom stereocenters. The van der Waals surface area contributed by atoms with E-state index in [9.17, 15) is 17.6 Å². The number of rotatable bonds is 11. The molecule has 0 aromatic heterocycles. The highest BCUT2D eigenvalue weighted by Crippen LogP contribution is 2.16. The number of carbonyl (C=O) groups excluding carboxylic acids is 1. The molecule has 0 spiro atoms. The number of halogens is 1. The molecular formula is C21H27FN2O4S2. The van der Waals surface area contributed by atoms with Gasteiger partial charge >= 0.3 is 0 Å². The lowest BCUT2D eigenvalue weighted by atomic mass is 10.1. The molecule has 0 bridgehead atoms. The highest BCUT2D eigenvalue weighted by Gasteiger charge is 2.27. The fraction of sp³-hybridized carbons (Fsp3) is 0.381. The molecule has 164 valence electrons. The Balaban J connectivity index is 1.96. The van der Waals surface area contributed by atoms with E-state index in [-0.39, 0.29) is 19.6 Å². The third-order valence-electron chi connectivity index (χ3n) is 4.22. The molecule has 0 aliphatic rings. The lowest BCUT2D eigenvalue weighted by molar-refractivity contribution is -0.122. The van der Waals surface area contributed by atoms with Crippen molar-refractivity contribution in [3.05, 3.63) is 59.4 Å². The fourth-order valence-corrected chi connectivity index (χ4v) is 4.66. The van der Waals surface area contributed by atoms with Crippen LogP contribution in [-0.4, -0.2) is 45.5 Å². The topological polar surface area (TPSA) is 84.5 Å². The number of hydrogen-bond donors (Lipinski definition) is 2.